The molecule has 0 aliphatic rings. The predicted octanol–water partition coefficient (Wildman–Crippen LogP) is 1.82. The highest BCUT2D eigenvalue weighted by atomic mass is 16.1. The molecule has 0 fully saturated rings. The zero-order chi connectivity index (χ0) is 11.5. The molecule has 4 heteroatoms. The number of hydrogen-bond acceptors (Lipinski definition) is 3. The van der Waals surface area contributed by atoms with Crippen molar-refractivity contribution in [3.8, 4) is 6.07 Å². The average Bonchev–Trinajstić information content (AvgIpc) is 2.70. The van der Waals surface area contributed by atoms with E-state index in [1.54, 1.807) is 31.2 Å². The first-order valence-electron chi connectivity index (χ1n) is 4.79. The van der Waals surface area contributed by atoms with Gasteiger partial charge in [-0.25, -0.2) is 0 Å². The van der Waals surface area contributed by atoms with Crippen molar-refractivity contribution in [3.05, 3.63) is 52.8 Å². The molecule has 0 saturated heterocycles. The minimum Gasteiger partial charge on any atom is -0.287 e. The van der Waals surface area contributed by atoms with Crippen LogP contribution in [0.25, 0.3) is 0 Å². The fraction of sp³-hybridized carbons (Fsp3) is 0.0833. The SMILES string of the molecule is Cc1[nH]nc(C(=O)c2ccccc2)c1C#N. The Balaban J connectivity index is 2.47. The third kappa shape index (κ3) is 1.59. The molecule has 78 valence electrons. The highest BCUT2D eigenvalue weighted by Gasteiger charge is 2.18. The summed E-state index contributed by atoms with van der Waals surface area (Å²) < 4.78 is 0. The van der Waals surface area contributed by atoms with Crippen molar-refractivity contribution in [2.75, 3.05) is 0 Å². The molecular weight excluding hydrogens is 202 g/mol. The van der Waals surface area contributed by atoms with Crippen LogP contribution in [0.2, 0.25) is 0 Å². The zero-order valence-corrected chi connectivity index (χ0v) is 8.69. The van der Waals surface area contributed by atoms with E-state index in [1.807, 2.05) is 12.1 Å². The Morgan fingerprint density at radius 2 is 2.06 bits per heavy atom. The Morgan fingerprint density at radius 3 is 2.69 bits per heavy atom. The molecule has 0 atom stereocenters. The van der Waals surface area contributed by atoms with Gasteiger partial charge in [-0.3, -0.25) is 9.89 Å². The molecule has 16 heavy (non-hydrogen) atoms. The van der Waals surface area contributed by atoms with Gasteiger partial charge in [0.15, 0.2) is 5.69 Å². The van der Waals surface area contributed by atoms with Crippen LogP contribution in [-0.4, -0.2) is 16.0 Å². The van der Waals surface area contributed by atoms with E-state index in [-0.39, 0.29) is 11.5 Å². The fourth-order valence-electron chi connectivity index (χ4n) is 1.46. The molecule has 2 aromatic rings. The summed E-state index contributed by atoms with van der Waals surface area (Å²) in [5.74, 6) is -0.235. The van der Waals surface area contributed by atoms with Gasteiger partial charge in [-0.1, -0.05) is 30.3 Å². The van der Waals surface area contributed by atoms with Crippen LogP contribution < -0.4 is 0 Å². The first-order valence-corrected chi connectivity index (χ1v) is 4.79. The van der Waals surface area contributed by atoms with Gasteiger partial charge in [0.05, 0.1) is 5.69 Å². The van der Waals surface area contributed by atoms with Crippen LogP contribution in [0.5, 0.6) is 0 Å². The Bertz CT molecular complexity index is 564. The lowest BCUT2D eigenvalue weighted by Gasteiger charge is -1.96. The van der Waals surface area contributed by atoms with Crippen LogP contribution in [-0.2, 0) is 0 Å². The van der Waals surface area contributed by atoms with Gasteiger partial charge in [-0.15, -0.1) is 0 Å². The number of benzene rings is 1. The van der Waals surface area contributed by atoms with Gasteiger partial charge in [-0.05, 0) is 6.92 Å². The summed E-state index contributed by atoms with van der Waals surface area (Å²) >= 11 is 0. The molecule has 0 radical (unpaired) electrons. The summed E-state index contributed by atoms with van der Waals surface area (Å²) in [6.07, 6.45) is 0. The van der Waals surface area contributed by atoms with Crippen molar-refractivity contribution in [2.24, 2.45) is 0 Å². The predicted molar refractivity (Wildman–Crippen MR) is 57.9 cm³/mol. The number of aryl methyl sites for hydroxylation is 1. The Kier molecular flexibility index (Phi) is 2.52. The van der Waals surface area contributed by atoms with Crippen LogP contribution >= 0.6 is 0 Å². The molecule has 1 N–H and O–H groups in total. The first kappa shape index (κ1) is 10.1. The second kappa shape index (κ2) is 3.99. The number of aromatic amines is 1. The van der Waals surface area contributed by atoms with Crippen molar-refractivity contribution >= 4 is 5.78 Å². The largest absolute Gasteiger partial charge is 0.287 e. The smallest absolute Gasteiger partial charge is 0.214 e. The Labute approximate surface area is 92.5 Å². The summed E-state index contributed by atoms with van der Waals surface area (Å²) in [4.78, 5) is 12.0. The number of rotatable bonds is 2. The zero-order valence-electron chi connectivity index (χ0n) is 8.69. The molecule has 4 nitrogen and oxygen atoms in total. The minimum absolute atomic E-state index is 0.186. The van der Waals surface area contributed by atoms with Gasteiger partial charge in [0.1, 0.15) is 11.6 Å². The number of nitrogens with one attached hydrogen (secondary N) is 1. The number of nitrogens with zero attached hydrogens (tertiary/aromatic N) is 2. The van der Waals surface area contributed by atoms with E-state index >= 15 is 0 Å². The van der Waals surface area contributed by atoms with Crippen LogP contribution in [0.15, 0.2) is 30.3 Å². The normalized spacial score (nSPS) is 9.75. The van der Waals surface area contributed by atoms with E-state index in [0.717, 1.165) is 0 Å². The highest BCUT2D eigenvalue weighted by molar-refractivity contribution is 6.09. The number of nitriles is 1. The maximum atomic E-state index is 12.0. The standard InChI is InChI=1S/C12H9N3O/c1-8-10(7-13)11(15-14-8)12(16)9-5-3-2-4-6-9/h2-6H,1H3,(H,14,15). The average molecular weight is 211 g/mol. The molecule has 0 unspecified atom stereocenters. The lowest BCUT2D eigenvalue weighted by atomic mass is 10.0. The second-order valence-corrected chi connectivity index (χ2v) is 3.38. The second-order valence-electron chi connectivity index (χ2n) is 3.38. The molecule has 0 amide bonds. The van der Waals surface area contributed by atoms with E-state index in [1.165, 1.54) is 0 Å². The molecular formula is C12H9N3O. The number of carbonyl (C=O) groups is 1. The summed E-state index contributed by atoms with van der Waals surface area (Å²) in [5.41, 5.74) is 1.65. The van der Waals surface area contributed by atoms with Crippen LogP contribution in [0.3, 0.4) is 0 Å². The maximum Gasteiger partial charge on any atom is 0.214 e. The van der Waals surface area contributed by atoms with Gasteiger partial charge >= 0.3 is 0 Å². The topological polar surface area (TPSA) is 69.5 Å². The van der Waals surface area contributed by atoms with Crippen molar-refractivity contribution < 1.29 is 4.79 Å². The van der Waals surface area contributed by atoms with Gasteiger partial charge in [0, 0.05) is 5.56 Å². The van der Waals surface area contributed by atoms with Crippen molar-refractivity contribution in [3.63, 3.8) is 0 Å². The molecule has 0 spiro atoms. The minimum atomic E-state index is -0.235. The van der Waals surface area contributed by atoms with E-state index in [4.69, 9.17) is 5.26 Å². The summed E-state index contributed by atoms with van der Waals surface area (Å²) in [6, 6.07) is 10.8. The fourth-order valence-corrected chi connectivity index (χ4v) is 1.46. The summed E-state index contributed by atoms with van der Waals surface area (Å²) in [6.45, 7) is 1.72. The van der Waals surface area contributed by atoms with Gasteiger partial charge in [0.2, 0.25) is 5.78 Å². The molecule has 2 rings (SSSR count). The van der Waals surface area contributed by atoms with Crippen molar-refractivity contribution in [1.82, 2.24) is 10.2 Å². The summed E-state index contributed by atoms with van der Waals surface area (Å²) in [5, 5.41) is 15.4. The van der Waals surface area contributed by atoms with Gasteiger partial charge < -0.3 is 0 Å². The van der Waals surface area contributed by atoms with Crippen molar-refractivity contribution in [2.45, 2.75) is 6.92 Å². The van der Waals surface area contributed by atoms with E-state index in [0.29, 0.717) is 16.8 Å². The molecule has 1 aromatic carbocycles. The lowest BCUT2D eigenvalue weighted by Crippen LogP contribution is -2.03. The Morgan fingerprint density at radius 1 is 1.38 bits per heavy atom. The van der Waals surface area contributed by atoms with Gasteiger partial charge in [-0.2, -0.15) is 10.4 Å². The monoisotopic (exact) mass is 211 g/mol. The Hall–Kier alpha value is -2.41. The van der Waals surface area contributed by atoms with Crippen molar-refractivity contribution in [1.29, 1.82) is 5.26 Å². The van der Waals surface area contributed by atoms with Crippen LogP contribution in [0.1, 0.15) is 27.3 Å². The molecule has 0 aliphatic heterocycles. The third-order valence-electron chi connectivity index (χ3n) is 2.31. The van der Waals surface area contributed by atoms with Crippen LogP contribution in [0.4, 0.5) is 0 Å². The van der Waals surface area contributed by atoms with E-state index in [2.05, 4.69) is 10.2 Å². The molecule has 1 heterocycles. The molecule has 0 saturated carbocycles. The highest BCUT2D eigenvalue weighted by Crippen LogP contribution is 2.13. The quantitative estimate of drug-likeness (QED) is 0.770. The number of hydrogen-bond donors (Lipinski definition) is 1. The number of H-pyrrole nitrogens is 1. The van der Waals surface area contributed by atoms with E-state index < -0.39 is 0 Å². The van der Waals surface area contributed by atoms with Gasteiger partial charge in [0.25, 0.3) is 0 Å². The maximum absolute atomic E-state index is 12.0. The lowest BCUT2D eigenvalue weighted by molar-refractivity contribution is 0.103. The third-order valence-corrected chi connectivity index (χ3v) is 2.31. The number of aromatic nitrogens is 2. The number of carbonyl (C=O) groups excluding carboxylic acids is 1. The van der Waals surface area contributed by atoms with E-state index in [9.17, 15) is 4.79 Å². The molecule has 0 aliphatic carbocycles. The number of ketones is 1. The summed E-state index contributed by atoms with van der Waals surface area (Å²) in [7, 11) is 0. The molecule has 1 aromatic heterocycles. The molecule has 0 bridgehead atoms. The first-order chi connectivity index (χ1) is 7.74. The van der Waals surface area contributed by atoms with Crippen LogP contribution in [0, 0.1) is 18.3 Å².